The number of fused-ring (bicyclic) bond motifs is 59. The van der Waals surface area contributed by atoms with Crippen LogP contribution < -0.4 is 0 Å². The van der Waals surface area contributed by atoms with Crippen molar-refractivity contribution in [2.75, 3.05) is 0 Å². The molecule has 36 rings (SSSR count). The first-order valence-corrected chi connectivity index (χ1v) is 48.1. The first-order chi connectivity index (χ1) is 69.4. The van der Waals surface area contributed by atoms with Gasteiger partial charge in [0.1, 0.15) is 44.7 Å². The summed E-state index contributed by atoms with van der Waals surface area (Å²) in [6, 6.07) is 90.1. The van der Waals surface area contributed by atoms with Crippen LogP contribution in [0, 0.1) is 0 Å². The Morgan fingerprint density at radius 2 is 0.429 bits per heavy atom. The molecule has 0 unspecified atom stereocenters. The van der Waals surface area contributed by atoms with Crippen LogP contribution in [0.25, 0.3) is 242 Å². The molecule has 0 bridgehead atoms. The molecule has 16 heterocycles. The highest BCUT2D eigenvalue weighted by atomic mass is 15.1. The molecule has 28 aromatic rings. The van der Waals surface area contributed by atoms with Gasteiger partial charge in [0, 0.05) is 92.7 Å². The molecule has 16 aromatic heterocycles. The fourth-order valence-corrected chi connectivity index (χ4v) is 26.0. The Balaban J connectivity index is 0.0000000829. The van der Waals surface area contributed by atoms with Crippen LogP contribution in [0.3, 0.4) is 0 Å². The van der Waals surface area contributed by atoms with Crippen LogP contribution in [0.15, 0.2) is 342 Å². The van der Waals surface area contributed by atoms with Crippen molar-refractivity contribution in [3.05, 3.63) is 431 Å². The summed E-state index contributed by atoms with van der Waals surface area (Å²) in [7, 11) is 0. The van der Waals surface area contributed by atoms with Gasteiger partial charge >= 0.3 is 0 Å². The van der Waals surface area contributed by atoms with Crippen molar-refractivity contribution in [2.24, 2.45) is 0 Å². The van der Waals surface area contributed by atoms with E-state index in [1.54, 1.807) is 0 Å². The van der Waals surface area contributed by atoms with E-state index in [4.69, 9.17) is 19.9 Å². The molecule has 0 amide bonds. The molecule has 0 N–H and O–H groups in total. The van der Waals surface area contributed by atoms with Gasteiger partial charge in [-0.25, -0.2) is 19.9 Å². The minimum absolute atomic E-state index is 0.906. The molecule has 0 aliphatic heterocycles. The van der Waals surface area contributed by atoms with Gasteiger partial charge in [0.2, 0.25) is 0 Å². The highest BCUT2D eigenvalue weighted by Gasteiger charge is 2.36. The largest absolute Gasteiger partial charge is 0.290 e. The lowest BCUT2D eigenvalue weighted by atomic mass is 9.92. The van der Waals surface area contributed by atoms with Gasteiger partial charge in [-0.05, 0) is 354 Å². The van der Waals surface area contributed by atoms with Gasteiger partial charge in [-0.1, -0.05) is 140 Å². The Labute approximate surface area is 796 Å². The van der Waals surface area contributed by atoms with E-state index >= 15 is 0 Å². The van der Waals surface area contributed by atoms with Crippen LogP contribution in [-0.4, -0.2) is 77.4 Å². The van der Waals surface area contributed by atoms with E-state index in [1.165, 1.54) is 243 Å². The van der Waals surface area contributed by atoms with Gasteiger partial charge in [-0.2, -0.15) is 0 Å². The van der Waals surface area contributed by atoms with Crippen molar-refractivity contribution in [1.29, 1.82) is 0 Å². The highest BCUT2D eigenvalue weighted by Crippen LogP contribution is 2.56. The molecule has 16 heteroatoms. The molecule has 648 valence electrons. The van der Waals surface area contributed by atoms with Crippen LogP contribution in [0.5, 0.6) is 0 Å². The Morgan fingerprint density at radius 3 is 0.886 bits per heavy atom. The first kappa shape index (κ1) is 75.1. The minimum Gasteiger partial charge on any atom is -0.290 e. The van der Waals surface area contributed by atoms with E-state index in [9.17, 15) is 0 Å². The number of benzene rings is 12. The van der Waals surface area contributed by atoms with E-state index in [0.717, 1.165) is 140 Å². The lowest BCUT2D eigenvalue weighted by Gasteiger charge is -2.13. The van der Waals surface area contributed by atoms with Crippen LogP contribution in [0.2, 0.25) is 0 Å². The van der Waals surface area contributed by atoms with Gasteiger partial charge in [0.25, 0.3) is 0 Å². The predicted octanol–water partition coefficient (Wildman–Crippen LogP) is 26.9. The summed E-state index contributed by atoms with van der Waals surface area (Å²) in [5, 5.41) is 14.5. The smallest absolute Gasteiger partial charge is 0.146 e. The summed E-state index contributed by atoms with van der Waals surface area (Å²) in [5.74, 6) is 0. The van der Waals surface area contributed by atoms with Crippen molar-refractivity contribution in [2.45, 2.75) is 51.4 Å². The molecule has 0 saturated heterocycles. The minimum atomic E-state index is 0.906. The number of pyridine rings is 12. The third kappa shape index (κ3) is 10.3. The van der Waals surface area contributed by atoms with Crippen LogP contribution in [0.1, 0.15) is 89.0 Å². The fourth-order valence-electron chi connectivity index (χ4n) is 26.0. The number of nitrogens with zero attached hydrogens (tertiary/aromatic N) is 16. The summed E-state index contributed by atoms with van der Waals surface area (Å²) in [4.78, 5) is 55.2. The third-order valence-electron chi connectivity index (χ3n) is 32.0. The maximum absolute atomic E-state index is 5.03. The Morgan fingerprint density at radius 1 is 0.157 bits per heavy atom. The van der Waals surface area contributed by atoms with Crippen LogP contribution >= 0.6 is 0 Å². The van der Waals surface area contributed by atoms with E-state index in [2.05, 4.69) is 276 Å². The lowest BCUT2D eigenvalue weighted by molar-refractivity contribution is 1.16. The SMILES string of the molecule is c1ccc2c(c1)Cc1c-2ccc2c1-c1cc3c4ccncc4n4c5ccncc5nc4c3cc1C2.c1ccc2c(c1)Cc1c-2ccc2c1Cc1cc3c(cc1-2)c1ccncc1n1c2ccncc2nc31.c1ccc2c(c1)Cc1cc3c(cc1-2)-c1cc2c4ccncc4n4c5ccncc5nc4c2cc1C3.c1ccc2c(c1)Cc1ccc3c(c1-2)-c1cc2c4ccncc4n4c5ccncc5nc4c2cc1C3. The standard InChI is InChI=1S/4C31H18N4/c1-2-4-21-17(3-1)9-18-10-19-11-20-12-27-26(14-25(20)24(19)13-23(18)21)22-5-7-33-16-30(22)35-29-6-8-32-15-28(29)34-31(27)35;1-2-4-20-17(3-1)12-25-21(20)6-5-18-11-19-13-26-24(14-23(19)30(18)25)22-7-9-33-16-29(22)35-28-8-10-32-15-27(28)34-31(26)35;1-2-4-19-17(3-1)11-24-20(19)5-6-21-23-14-26-22-7-9-33-16-30(22)35-29-8-10-32-15-28(29)34-31(35)27(26)13-18(23)12-25(21)24;1-2-4-21-17(3-1)11-18-5-6-19-12-20-13-25-24(14-23(20)30(19)29(18)21)22-7-9-33-16-28(22)35-27-8-10-32-15-26(27)34-31(25)35/h1-8,10,12-16H,9,11H2;3*1-10,13-16H,11-12H2. The van der Waals surface area contributed by atoms with Gasteiger partial charge in [0.15, 0.2) is 0 Å². The second-order valence-corrected chi connectivity index (χ2v) is 38.9. The Kier molecular flexibility index (Phi) is 14.9. The van der Waals surface area contributed by atoms with Crippen LogP contribution in [0.4, 0.5) is 0 Å². The fraction of sp³-hybridized carbons (Fsp3) is 0.0645. The van der Waals surface area contributed by atoms with E-state index < -0.39 is 0 Å². The molecular weight excluding hydrogens is 1710 g/mol. The number of hydrogen-bond donors (Lipinski definition) is 0. The van der Waals surface area contributed by atoms with E-state index in [-0.39, 0.29) is 0 Å². The number of hydrogen-bond acceptors (Lipinski definition) is 12. The van der Waals surface area contributed by atoms with Gasteiger partial charge in [-0.3, -0.25) is 57.5 Å². The normalized spacial score (nSPS) is 13.5. The Bertz CT molecular complexity index is 10700. The monoisotopic (exact) mass is 1780 g/mol. The average Bonchev–Trinajstić information content (AvgIpc) is 1.56. The Hall–Kier alpha value is -18.3. The van der Waals surface area contributed by atoms with Gasteiger partial charge < -0.3 is 0 Å². The van der Waals surface area contributed by atoms with Crippen molar-refractivity contribution >= 4 is 153 Å². The zero-order chi connectivity index (χ0) is 90.7. The van der Waals surface area contributed by atoms with E-state index in [1.807, 2.05) is 123 Å². The highest BCUT2D eigenvalue weighted by molar-refractivity contribution is 6.21. The van der Waals surface area contributed by atoms with Crippen molar-refractivity contribution in [1.82, 2.24) is 77.4 Å². The van der Waals surface area contributed by atoms with Gasteiger partial charge in [-0.15, -0.1) is 0 Å². The second-order valence-electron chi connectivity index (χ2n) is 38.9. The molecule has 0 radical (unpaired) electrons. The summed E-state index contributed by atoms with van der Waals surface area (Å²) in [6.45, 7) is 0. The van der Waals surface area contributed by atoms with Crippen molar-refractivity contribution in [3.8, 4) is 89.0 Å². The maximum atomic E-state index is 5.03. The summed E-state index contributed by atoms with van der Waals surface area (Å²) < 4.78 is 8.96. The quantitative estimate of drug-likeness (QED) is 0.132. The van der Waals surface area contributed by atoms with Gasteiger partial charge in [0.05, 0.1) is 93.7 Å². The third-order valence-corrected chi connectivity index (χ3v) is 32.0. The molecule has 140 heavy (non-hydrogen) atoms. The number of imidazole rings is 4. The molecule has 0 spiro atoms. The predicted molar refractivity (Wildman–Crippen MR) is 559 cm³/mol. The average molecular weight is 1790 g/mol. The molecule has 12 aromatic carbocycles. The summed E-state index contributed by atoms with van der Waals surface area (Å²) in [6.07, 6.45) is 38.1. The summed E-state index contributed by atoms with van der Waals surface area (Å²) >= 11 is 0. The molecule has 8 aliphatic carbocycles. The molecule has 0 fully saturated rings. The van der Waals surface area contributed by atoms with Crippen molar-refractivity contribution in [3.63, 3.8) is 0 Å². The zero-order valence-corrected chi connectivity index (χ0v) is 75.1. The number of rotatable bonds is 0. The van der Waals surface area contributed by atoms with Crippen molar-refractivity contribution < 1.29 is 0 Å². The summed E-state index contributed by atoms with van der Waals surface area (Å²) in [5.41, 5.74) is 61.2. The molecule has 16 nitrogen and oxygen atoms in total. The second kappa shape index (κ2) is 27.7. The first-order valence-electron chi connectivity index (χ1n) is 48.1. The topological polar surface area (TPSA) is 172 Å². The van der Waals surface area contributed by atoms with Crippen LogP contribution in [-0.2, 0) is 51.4 Å². The molecule has 0 atom stereocenters. The molecular formula is C124H72N16. The lowest BCUT2D eigenvalue weighted by Crippen LogP contribution is -1.94. The zero-order valence-electron chi connectivity index (χ0n) is 75.1. The number of aromatic nitrogens is 16. The maximum Gasteiger partial charge on any atom is 0.146 e. The molecule has 8 aliphatic rings. The van der Waals surface area contributed by atoms with E-state index in [0.29, 0.717) is 0 Å². The molecule has 0 saturated carbocycles.